The Hall–Kier alpha value is -1.58. The number of nitrogens with zero attached hydrogens (tertiary/aromatic N) is 3. The molecule has 4 nitrogen and oxygen atoms in total. The molecule has 0 aliphatic heterocycles. The molecule has 2 heterocycles. The van der Waals surface area contributed by atoms with Gasteiger partial charge in [0.2, 0.25) is 5.88 Å². The van der Waals surface area contributed by atoms with Crippen LogP contribution in [0.4, 0.5) is 0 Å². The van der Waals surface area contributed by atoms with Crippen LogP contribution in [-0.2, 0) is 0 Å². The van der Waals surface area contributed by atoms with E-state index in [0.29, 0.717) is 6.04 Å². The quantitative estimate of drug-likeness (QED) is 0.714. The molecule has 0 spiro atoms. The first-order chi connectivity index (χ1) is 6.34. The summed E-state index contributed by atoms with van der Waals surface area (Å²) in [5.74, 6) is 0.0582. The standard InChI is InChI=1S/C9H9N3O/c13-9-3-6-4-11-12(7-1-2-7)8(6)5-10-9/h3-5,7H,1-2H2,(H,10,13). The molecule has 1 N–H and O–H groups in total. The van der Waals surface area contributed by atoms with E-state index in [1.807, 2.05) is 4.68 Å². The normalized spacial score (nSPS) is 16.6. The van der Waals surface area contributed by atoms with Gasteiger partial charge in [-0.2, -0.15) is 5.10 Å². The molecule has 0 bridgehead atoms. The molecule has 2 aromatic heterocycles. The van der Waals surface area contributed by atoms with Crippen LogP contribution < -0.4 is 0 Å². The Morgan fingerprint density at radius 3 is 3.00 bits per heavy atom. The molecule has 0 unspecified atom stereocenters. The Morgan fingerprint density at radius 2 is 2.23 bits per heavy atom. The lowest BCUT2D eigenvalue weighted by Crippen LogP contribution is -1.95. The van der Waals surface area contributed by atoms with Crippen molar-refractivity contribution in [2.45, 2.75) is 18.9 Å². The maximum atomic E-state index is 9.15. The van der Waals surface area contributed by atoms with Gasteiger partial charge in [0.1, 0.15) is 0 Å². The van der Waals surface area contributed by atoms with Gasteiger partial charge in [-0.3, -0.25) is 4.68 Å². The van der Waals surface area contributed by atoms with Crippen molar-refractivity contribution in [2.75, 3.05) is 0 Å². The molecule has 1 aliphatic carbocycles. The number of fused-ring (bicyclic) bond motifs is 1. The van der Waals surface area contributed by atoms with E-state index in [1.54, 1.807) is 18.5 Å². The molecule has 0 amide bonds. The van der Waals surface area contributed by atoms with Gasteiger partial charge in [-0.25, -0.2) is 4.98 Å². The molecular weight excluding hydrogens is 166 g/mol. The molecule has 1 fully saturated rings. The summed E-state index contributed by atoms with van der Waals surface area (Å²) in [5, 5.41) is 14.4. The summed E-state index contributed by atoms with van der Waals surface area (Å²) < 4.78 is 1.99. The van der Waals surface area contributed by atoms with Crippen LogP contribution in [0.5, 0.6) is 5.88 Å². The third kappa shape index (κ3) is 0.983. The molecule has 3 rings (SSSR count). The van der Waals surface area contributed by atoms with Crippen molar-refractivity contribution in [1.29, 1.82) is 0 Å². The van der Waals surface area contributed by atoms with Crippen LogP contribution in [0.3, 0.4) is 0 Å². The second-order valence-electron chi connectivity index (χ2n) is 3.42. The van der Waals surface area contributed by atoms with Crippen LogP contribution in [-0.4, -0.2) is 19.9 Å². The highest BCUT2D eigenvalue weighted by atomic mass is 16.3. The monoisotopic (exact) mass is 175 g/mol. The summed E-state index contributed by atoms with van der Waals surface area (Å²) in [5.41, 5.74) is 1.01. The molecule has 66 valence electrons. The number of aromatic nitrogens is 3. The molecule has 1 saturated carbocycles. The zero-order valence-electron chi connectivity index (χ0n) is 7.01. The average Bonchev–Trinajstić information content (AvgIpc) is 2.87. The van der Waals surface area contributed by atoms with Crippen LogP contribution in [0, 0.1) is 0 Å². The van der Waals surface area contributed by atoms with E-state index in [2.05, 4.69) is 10.1 Å². The Bertz CT molecular complexity index is 459. The summed E-state index contributed by atoms with van der Waals surface area (Å²) in [7, 11) is 0. The number of rotatable bonds is 1. The molecule has 0 saturated heterocycles. The van der Waals surface area contributed by atoms with Crippen molar-refractivity contribution in [3.05, 3.63) is 18.5 Å². The van der Waals surface area contributed by atoms with E-state index in [-0.39, 0.29) is 5.88 Å². The van der Waals surface area contributed by atoms with Crippen LogP contribution in [0.25, 0.3) is 10.9 Å². The smallest absolute Gasteiger partial charge is 0.211 e. The van der Waals surface area contributed by atoms with E-state index < -0.39 is 0 Å². The third-order valence-corrected chi connectivity index (χ3v) is 2.36. The molecule has 0 aromatic carbocycles. The Morgan fingerprint density at radius 1 is 1.38 bits per heavy atom. The highest BCUT2D eigenvalue weighted by Crippen LogP contribution is 2.36. The highest BCUT2D eigenvalue weighted by molar-refractivity contribution is 5.78. The van der Waals surface area contributed by atoms with Gasteiger partial charge >= 0.3 is 0 Å². The fourth-order valence-corrected chi connectivity index (χ4v) is 1.54. The van der Waals surface area contributed by atoms with Gasteiger partial charge in [-0.1, -0.05) is 0 Å². The average molecular weight is 175 g/mol. The minimum atomic E-state index is 0.0582. The van der Waals surface area contributed by atoms with Gasteiger partial charge < -0.3 is 5.11 Å². The maximum absolute atomic E-state index is 9.15. The first-order valence-electron chi connectivity index (χ1n) is 4.37. The van der Waals surface area contributed by atoms with Crippen molar-refractivity contribution in [3.8, 4) is 5.88 Å². The van der Waals surface area contributed by atoms with Gasteiger partial charge in [0, 0.05) is 11.5 Å². The second-order valence-corrected chi connectivity index (χ2v) is 3.42. The van der Waals surface area contributed by atoms with Gasteiger partial charge in [-0.15, -0.1) is 0 Å². The molecule has 13 heavy (non-hydrogen) atoms. The van der Waals surface area contributed by atoms with Crippen molar-refractivity contribution >= 4 is 10.9 Å². The summed E-state index contributed by atoms with van der Waals surface area (Å²) >= 11 is 0. The molecule has 2 aromatic rings. The minimum absolute atomic E-state index is 0.0582. The van der Waals surface area contributed by atoms with Gasteiger partial charge in [0.25, 0.3) is 0 Å². The zero-order valence-corrected chi connectivity index (χ0v) is 7.01. The van der Waals surface area contributed by atoms with Crippen LogP contribution in [0.2, 0.25) is 0 Å². The molecule has 0 radical (unpaired) electrons. The predicted molar refractivity (Wildman–Crippen MR) is 47.5 cm³/mol. The van der Waals surface area contributed by atoms with Crippen LogP contribution in [0.15, 0.2) is 18.5 Å². The summed E-state index contributed by atoms with van der Waals surface area (Å²) in [6, 6.07) is 2.20. The van der Waals surface area contributed by atoms with Crippen LogP contribution >= 0.6 is 0 Å². The Labute approximate surface area is 74.8 Å². The molecular formula is C9H9N3O. The predicted octanol–water partition coefficient (Wildman–Crippen LogP) is 1.47. The van der Waals surface area contributed by atoms with Gasteiger partial charge in [-0.05, 0) is 12.8 Å². The van der Waals surface area contributed by atoms with E-state index in [0.717, 1.165) is 10.9 Å². The van der Waals surface area contributed by atoms with E-state index >= 15 is 0 Å². The van der Waals surface area contributed by atoms with Crippen molar-refractivity contribution in [1.82, 2.24) is 14.8 Å². The topological polar surface area (TPSA) is 50.9 Å². The van der Waals surface area contributed by atoms with Gasteiger partial charge in [0.05, 0.1) is 24.0 Å². The highest BCUT2D eigenvalue weighted by Gasteiger charge is 2.25. The lowest BCUT2D eigenvalue weighted by Gasteiger charge is -1.98. The lowest BCUT2D eigenvalue weighted by atomic mass is 10.3. The number of pyridine rings is 1. The third-order valence-electron chi connectivity index (χ3n) is 2.36. The van der Waals surface area contributed by atoms with E-state index in [4.69, 9.17) is 5.11 Å². The van der Waals surface area contributed by atoms with E-state index in [1.165, 1.54) is 12.8 Å². The van der Waals surface area contributed by atoms with Crippen molar-refractivity contribution < 1.29 is 5.11 Å². The minimum Gasteiger partial charge on any atom is -0.493 e. The first kappa shape index (κ1) is 6.88. The molecule has 1 aliphatic rings. The summed E-state index contributed by atoms with van der Waals surface area (Å²) in [6.07, 6.45) is 5.86. The van der Waals surface area contributed by atoms with Gasteiger partial charge in [0.15, 0.2) is 0 Å². The number of hydrogen-bond acceptors (Lipinski definition) is 3. The number of hydrogen-bond donors (Lipinski definition) is 1. The maximum Gasteiger partial charge on any atom is 0.211 e. The molecule has 4 heteroatoms. The van der Waals surface area contributed by atoms with Crippen molar-refractivity contribution in [3.63, 3.8) is 0 Å². The van der Waals surface area contributed by atoms with E-state index in [9.17, 15) is 0 Å². The summed E-state index contributed by atoms with van der Waals surface area (Å²) in [4.78, 5) is 3.85. The fraction of sp³-hybridized carbons (Fsp3) is 0.333. The number of aromatic hydroxyl groups is 1. The Kier molecular flexibility index (Phi) is 1.17. The fourth-order valence-electron chi connectivity index (χ4n) is 1.54. The SMILES string of the molecule is Oc1cc2cnn(C3CC3)c2cn1. The van der Waals surface area contributed by atoms with Crippen LogP contribution in [0.1, 0.15) is 18.9 Å². The Balaban J connectivity index is 2.26. The first-order valence-corrected chi connectivity index (χ1v) is 4.37. The second kappa shape index (κ2) is 2.22. The molecule has 0 atom stereocenters. The lowest BCUT2D eigenvalue weighted by molar-refractivity contribution is 0.454. The largest absolute Gasteiger partial charge is 0.493 e. The zero-order chi connectivity index (χ0) is 8.84. The summed E-state index contributed by atoms with van der Waals surface area (Å²) in [6.45, 7) is 0. The van der Waals surface area contributed by atoms with Crippen molar-refractivity contribution in [2.24, 2.45) is 0 Å².